The highest BCUT2D eigenvalue weighted by molar-refractivity contribution is 6.16. The Bertz CT molecular complexity index is 1080. The molecule has 8 heteroatoms. The van der Waals surface area contributed by atoms with Crippen molar-refractivity contribution in [3.8, 4) is 5.75 Å². The van der Waals surface area contributed by atoms with Gasteiger partial charge in [-0.05, 0) is 37.3 Å². The summed E-state index contributed by atoms with van der Waals surface area (Å²) in [5.41, 5.74) is 1.60. The number of benzene rings is 1. The van der Waals surface area contributed by atoms with Crippen LogP contribution in [-0.2, 0) is 0 Å². The molecule has 29 heavy (non-hydrogen) atoms. The van der Waals surface area contributed by atoms with Crippen molar-refractivity contribution in [3.05, 3.63) is 72.1 Å². The fourth-order valence-electron chi connectivity index (χ4n) is 3.46. The maximum atomic E-state index is 13.8. The van der Waals surface area contributed by atoms with Crippen LogP contribution in [0, 0.1) is 5.82 Å². The first-order chi connectivity index (χ1) is 14.0. The SMILES string of the molecule is COc1cc(N2C[C@H](C)n3ccc(C(=O)Nc4cccnc4)c3C2=O)ccc1F. The van der Waals surface area contributed by atoms with Crippen LogP contribution in [0.4, 0.5) is 15.8 Å². The predicted octanol–water partition coefficient (Wildman–Crippen LogP) is 3.50. The highest BCUT2D eigenvalue weighted by atomic mass is 19.1. The van der Waals surface area contributed by atoms with Gasteiger partial charge >= 0.3 is 0 Å². The molecule has 1 atom stereocenters. The van der Waals surface area contributed by atoms with Crippen LogP contribution in [0.1, 0.15) is 33.8 Å². The van der Waals surface area contributed by atoms with Crippen LogP contribution in [0.5, 0.6) is 5.75 Å². The van der Waals surface area contributed by atoms with Gasteiger partial charge in [0.25, 0.3) is 11.8 Å². The third-order valence-electron chi connectivity index (χ3n) is 4.89. The Morgan fingerprint density at radius 1 is 1.31 bits per heavy atom. The second kappa shape index (κ2) is 7.38. The summed E-state index contributed by atoms with van der Waals surface area (Å²) in [7, 11) is 1.37. The standard InChI is InChI=1S/C21H19FN4O3/c1-13-12-26(15-5-6-17(22)18(10-15)29-2)21(28)19-16(7-9-25(13)19)20(27)24-14-4-3-8-23-11-14/h3-11,13H,12H2,1-2H3,(H,24,27)/t13-/m0/s1. The van der Waals surface area contributed by atoms with Crippen molar-refractivity contribution in [2.24, 2.45) is 0 Å². The van der Waals surface area contributed by atoms with Gasteiger partial charge in [-0.2, -0.15) is 0 Å². The molecular formula is C21H19FN4O3. The fourth-order valence-corrected chi connectivity index (χ4v) is 3.46. The molecule has 2 amide bonds. The molecule has 0 radical (unpaired) electrons. The van der Waals surface area contributed by atoms with Crippen LogP contribution in [0.25, 0.3) is 0 Å². The summed E-state index contributed by atoms with van der Waals surface area (Å²) in [6.07, 6.45) is 4.87. The van der Waals surface area contributed by atoms with Gasteiger partial charge in [0.2, 0.25) is 0 Å². The van der Waals surface area contributed by atoms with Crippen molar-refractivity contribution >= 4 is 23.2 Å². The predicted molar refractivity (Wildman–Crippen MR) is 106 cm³/mol. The normalized spacial score (nSPS) is 15.8. The van der Waals surface area contributed by atoms with Crippen molar-refractivity contribution in [2.75, 3.05) is 23.9 Å². The van der Waals surface area contributed by atoms with Crippen LogP contribution < -0.4 is 15.0 Å². The molecule has 0 aliphatic carbocycles. The van der Waals surface area contributed by atoms with Gasteiger partial charge < -0.3 is 19.5 Å². The minimum absolute atomic E-state index is 0.0541. The third kappa shape index (κ3) is 3.33. The number of carbonyl (C=O) groups is 2. The summed E-state index contributed by atoms with van der Waals surface area (Å²) in [5.74, 6) is -1.18. The molecule has 0 bridgehead atoms. The Kier molecular flexibility index (Phi) is 4.75. The topological polar surface area (TPSA) is 76.5 Å². The number of carbonyl (C=O) groups excluding carboxylic acids is 2. The number of methoxy groups -OCH3 is 1. The summed E-state index contributed by atoms with van der Waals surface area (Å²) >= 11 is 0. The summed E-state index contributed by atoms with van der Waals surface area (Å²) in [4.78, 5) is 31.6. The molecule has 0 fully saturated rings. The number of hydrogen-bond donors (Lipinski definition) is 1. The molecule has 0 spiro atoms. The van der Waals surface area contributed by atoms with Crippen molar-refractivity contribution in [2.45, 2.75) is 13.0 Å². The average molecular weight is 394 g/mol. The van der Waals surface area contributed by atoms with E-state index in [0.717, 1.165) is 0 Å². The van der Waals surface area contributed by atoms with Gasteiger partial charge in [-0.25, -0.2) is 4.39 Å². The largest absolute Gasteiger partial charge is 0.494 e. The van der Waals surface area contributed by atoms with Crippen molar-refractivity contribution in [1.29, 1.82) is 0 Å². The first-order valence-electron chi connectivity index (χ1n) is 9.07. The number of anilines is 2. The Labute approximate surface area is 166 Å². The van der Waals surface area contributed by atoms with E-state index in [4.69, 9.17) is 4.74 Å². The van der Waals surface area contributed by atoms with Gasteiger partial charge in [-0.15, -0.1) is 0 Å². The Balaban J connectivity index is 1.69. The number of fused-ring (bicyclic) bond motifs is 1. The van der Waals surface area contributed by atoms with Gasteiger partial charge in [-0.3, -0.25) is 14.6 Å². The van der Waals surface area contributed by atoms with Crippen LogP contribution in [0.2, 0.25) is 0 Å². The summed E-state index contributed by atoms with van der Waals surface area (Å²) in [6.45, 7) is 2.34. The number of aromatic nitrogens is 2. The Hall–Kier alpha value is -3.68. The molecule has 1 aliphatic heterocycles. The summed E-state index contributed by atoms with van der Waals surface area (Å²) < 4.78 is 20.6. The number of pyridine rings is 1. The molecule has 1 aliphatic rings. The van der Waals surface area contributed by atoms with E-state index < -0.39 is 11.7 Å². The van der Waals surface area contributed by atoms with Crippen LogP contribution >= 0.6 is 0 Å². The molecule has 3 aromatic rings. The second-order valence-corrected chi connectivity index (χ2v) is 6.76. The molecule has 7 nitrogen and oxygen atoms in total. The van der Waals surface area contributed by atoms with Crippen LogP contribution in [0.15, 0.2) is 55.0 Å². The zero-order valence-corrected chi connectivity index (χ0v) is 15.9. The number of amides is 2. The molecular weight excluding hydrogens is 375 g/mol. The zero-order valence-electron chi connectivity index (χ0n) is 15.9. The third-order valence-corrected chi connectivity index (χ3v) is 4.89. The molecule has 2 aromatic heterocycles. The Morgan fingerprint density at radius 2 is 2.14 bits per heavy atom. The molecule has 0 unspecified atom stereocenters. The lowest BCUT2D eigenvalue weighted by Crippen LogP contribution is -2.43. The lowest BCUT2D eigenvalue weighted by Gasteiger charge is -2.33. The molecule has 1 N–H and O–H groups in total. The van der Waals surface area contributed by atoms with Crippen molar-refractivity contribution in [3.63, 3.8) is 0 Å². The van der Waals surface area contributed by atoms with Crippen molar-refractivity contribution in [1.82, 2.24) is 9.55 Å². The van der Waals surface area contributed by atoms with E-state index in [0.29, 0.717) is 17.9 Å². The number of nitrogens with one attached hydrogen (secondary N) is 1. The summed E-state index contributed by atoms with van der Waals surface area (Å²) in [5, 5.41) is 2.76. The van der Waals surface area contributed by atoms with Crippen molar-refractivity contribution < 1.29 is 18.7 Å². The molecule has 1 aromatic carbocycles. The second-order valence-electron chi connectivity index (χ2n) is 6.76. The van der Waals surface area contributed by atoms with Gasteiger partial charge in [0.15, 0.2) is 11.6 Å². The summed E-state index contributed by atoms with van der Waals surface area (Å²) in [6, 6.07) is 9.25. The molecule has 4 rings (SSSR count). The van der Waals surface area contributed by atoms with E-state index >= 15 is 0 Å². The smallest absolute Gasteiger partial charge is 0.275 e. The first-order valence-corrected chi connectivity index (χ1v) is 9.07. The van der Waals surface area contributed by atoms with E-state index in [-0.39, 0.29) is 29.0 Å². The van der Waals surface area contributed by atoms with E-state index in [1.807, 2.05) is 6.92 Å². The average Bonchev–Trinajstić information content (AvgIpc) is 3.18. The number of halogens is 1. The number of nitrogens with zero attached hydrogens (tertiary/aromatic N) is 3. The number of hydrogen-bond acceptors (Lipinski definition) is 4. The number of rotatable bonds is 4. The highest BCUT2D eigenvalue weighted by Gasteiger charge is 2.34. The van der Waals surface area contributed by atoms with Gasteiger partial charge in [0.05, 0.1) is 24.6 Å². The van der Waals surface area contributed by atoms with E-state index in [1.165, 1.54) is 36.4 Å². The molecule has 0 saturated carbocycles. The number of ether oxygens (including phenoxy) is 1. The monoisotopic (exact) mass is 394 g/mol. The molecule has 3 heterocycles. The maximum Gasteiger partial charge on any atom is 0.275 e. The maximum absolute atomic E-state index is 13.8. The minimum Gasteiger partial charge on any atom is -0.494 e. The van der Waals surface area contributed by atoms with E-state index in [2.05, 4.69) is 10.3 Å². The van der Waals surface area contributed by atoms with Gasteiger partial charge in [0.1, 0.15) is 5.69 Å². The fraction of sp³-hybridized carbons (Fsp3) is 0.190. The quantitative estimate of drug-likeness (QED) is 0.735. The highest BCUT2D eigenvalue weighted by Crippen LogP contribution is 2.32. The zero-order chi connectivity index (χ0) is 20.5. The van der Waals surface area contributed by atoms with Gasteiger partial charge in [0, 0.05) is 36.7 Å². The minimum atomic E-state index is -0.506. The first kappa shape index (κ1) is 18.7. The lowest BCUT2D eigenvalue weighted by molar-refractivity contribution is 0.0942. The van der Waals surface area contributed by atoms with Crippen LogP contribution in [0.3, 0.4) is 0 Å². The Morgan fingerprint density at radius 3 is 2.86 bits per heavy atom. The lowest BCUT2D eigenvalue weighted by atomic mass is 10.1. The van der Waals surface area contributed by atoms with Gasteiger partial charge in [-0.1, -0.05) is 0 Å². The molecule has 148 valence electrons. The van der Waals surface area contributed by atoms with Crippen LogP contribution in [-0.4, -0.2) is 35.0 Å². The van der Waals surface area contributed by atoms with E-state index in [1.54, 1.807) is 35.2 Å². The molecule has 0 saturated heterocycles. The van der Waals surface area contributed by atoms with E-state index in [9.17, 15) is 14.0 Å².